The number of aromatic nitrogens is 6. The number of aryl methyl sites for hydroxylation is 1. The van der Waals surface area contributed by atoms with Crippen LogP contribution < -0.4 is 5.56 Å². The van der Waals surface area contributed by atoms with E-state index < -0.39 is 5.97 Å². The minimum atomic E-state index is -0.869. The molecule has 2 aromatic heterocycles. The summed E-state index contributed by atoms with van der Waals surface area (Å²) in [6, 6.07) is 2.82. The zero-order valence-corrected chi connectivity index (χ0v) is 9.28. The van der Waals surface area contributed by atoms with Crippen LogP contribution in [0.2, 0.25) is 0 Å². The van der Waals surface area contributed by atoms with Crippen LogP contribution in [0.3, 0.4) is 0 Å². The third kappa shape index (κ3) is 2.75. The summed E-state index contributed by atoms with van der Waals surface area (Å²) < 4.78 is 1.45. The second kappa shape index (κ2) is 5.17. The molecule has 94 valence electrons. The SMILES string of the molecule is O=C(O)CCCn1nnnc1-c1ccc(=O)[nH]n1. The van der Waals surface area contributed by atoms with E-state index in [2.05, 4.69) is 25.7 Å². The maximum absolute atomic E-state index is 10.9. The molecule has 2 heterocycles. The Morgan fingerprint density at radius 2 is 2.28 bits per heavy atom. The van der Waals surface area contributed by atoms with Gasteiger partial charge in [0.15, 0.2) is 0 Å². The molecule has 0 atom stereocenters. The number of nitrogens with one attached hydrogen (secondary N) is 1. The molecular weight excluding hydrogens is 240 g/mol. The fraction of sp³-hybridized carbons (Fsp3) is 0.333. The number of carbonyl (C=O) groups is 1. The molecule has 9 heteroatoms. The smallest absolute Gasteiger partial charge is 0.303 e. The molecule has 9 nitrogen and oxygen atoms in total. The molecule has 0 bridgehead atoms. The van der Waals surface area contributed by atoms with Crippen molar-refractivity contribution in [3.05, 3.63) is 22.5 Å². The lowest BCUT2D eigenvalue weighted by Gasteiger charge is -2.01. The van der Waals surface area contributed by atoms with Crippen molar-refractivity contribution < 1.29 is 9.90 Å². The van der Waals surface area contributed by atoms with Crippen LogP contribution in [-0.2, 0) is 11.3 Å². The Bertz CT molecular complexity index is 584. The van der Waals surface area contributed by atoms with Gasteiger partial charge in [-0.1, -0.05) is 0 Å². The summed E-state index contributed by atoms with van der Waals surface area (Å²) in [6.07, 6.45) is 0.453. The molecule has 0 fully saturated rings. The van der Waals surface area contributed by atoms with Crippen LogP contribution in [0.5, 0.6) is 0 Å². The maximum atomic E-state index is 10.9. The Balaban J connectivity index is 2.14. The number of H-pyrrole nitrogens is 1. The van der Waals surface area contributed by atoms with Gasteiger partial charge in [0.1, 0.15) is 5.69 Å². The highest BCUT2D eigenvalue weighted by atomic mass is 16.4. The second-order valence-corrected chi connectivity index (χ2v) is 3.53. The number of hydrogen-bond acceptors (Lipinski definition) is 6. The fourth-order valence-electron chi connectivity index (χ4n) is 1.39. The van der Waals surface area contributed by atoms with Crippen LogP contribution in [0.4, 0.5) is 0 Å². The number of rotatable bonds is 5. The van der Waals surface area contributed by atoms with Gasteiger partial charge in [0, 0.05) is 19.0 Å². The zero-order chi connectivity index (χ0) is 13.0. The molecule has 2 rings (SSSR count). The highest BCUT2D eigenvalue weighted by Crippen LogP contribution is 2.10. The summed E-state index contributed by atoms with van der Waals surface area (Å²) in [7, 11) is 0. The molecule has 0 aliphatic heterocycles. The molecule has 0 radical (unpaired) electrons. The van der Waals surface area contributed by atoms with E-state index in [-0.39, 0.29) is 12.0 Å². The monoisotopic (exact) mass is 250 g/mol. The van der Waals surface area contributed by atoms with Gasteiger partial charge in [-0.3, -0.25) is 9.59 Å². The van der Waals surface area contributed by atoms with Crippen LogP contribution in [0.25, 0.3) is 11.5 Å². The second-order valence-electron chi connectivity index (χ2n) is 3.53. The lowest BCUT2D eigenvalue weighted by atomic mass is 10.3. The molecule has 0 aliphatic carbocycles. The minimum Gasteiger partial charge on any atom is -0.481 e. The molecule has 0 unspecified atom stereocenters. The highest BCUT2D eigenvalue weighted by Gasteiger charge is 2.10. The lowest BCUT2D eigenvalue weighted by Crippen LogP contribution is -2.09. The van der Waals surface area contributed by atoms with Gasteiger partial charge < -0.3 is 5.11 Å². The van der Waals surface area contributed by atoms with E-state index >= 15 is 0 Å². The summed E-state index contributed by atoms with van der Waals surface area (Å²) >= 11 is 0. The summed E-state index contributed by atoms with van der Waals surface area (Å²) in [4.78, 5) is 21.3. The Morgan fingerprint density at radius 1 is 1.44 bits per heavy atom. The quantitative estimate of drug-likeness (QED) is 0.717. The standard InChI is InChI=1S/C9H10N6O3/c16-7-4-3-6(10-11-7)9-12-13-14-15(9)5-1-2-8(17)18/h3-4H,1-2,5H2,(H,11,16)(H,17,18). The molecule has 0 aromatic carbocycles. The number of nitrogens with zero attached hydrogens (tertiary/aromatic N) is 5. The van der Waals surface area contributed by atoms with Crippen molar-refractivity contribution in [3.8, 4) is 11.5 Å². The predicted molar refractivity (Wildman–Crippen MR) is 58.5 cm³/mol. The van der Waals surface area contributed by atoms with Gasteiger partial charge in [-0.2, -0.15) is 5.10 Å². The number of carboxylic acids is 1. The van der Waals surface area contributed by atoms with Crippen LogP contribution in [0.15, 0.2) is 16.9 Å². The van der Waals surface area contributed by atoms with Gasteiger partial charge in [0.25, 0.3) is 5.56 Å². The van der Waals surface area contributed by atoms with Gasteiger partial charge >= 0.3 is 5.97 Å². The largest absolute Gasteiger partial charge is 0.481 e. The van der Waals surface area contributed by atoms with E-state index in [0.717, 1.165) is 0 Å². The first-order chi connectivity index (χ1) is 8.66. The summed E-state index contributed by atoms with van der Waals surface area (Å²) in [5.41, 5.74) is 0.110. The van der Waals surface area contributed by atoms with Crippen molar-refractivity contribution in [2.75, 3.05) is 0 Å². The Hall–Kier alpha value is -2.58. The average molecular weight is 250 g/mol. The van der Waals surface area contributed by atoms with Gasteiger partial charge in [-0.25, -0.2) is 9.78 Å². The van der Waals surface area contributed by atoms with Gasteiger partial charge in [0.05, 0.1) is 0 Å². The first-order valence-corrected chi connectivity index (χ1v) is 5.21. The Kier molecular flexibility index (Phi) is 3.41. The van der Waals surface area contributed by atoms with Crippen molar-refractivity contribution in [2.45, 2.75) is 19.4 Å². The van der Waals surface area contributed by atoms with E-state index in [0.29, 0.717) is 24.5 Å². The minimum absolute atomic E-state index is 0.0400. The molecule has 18 heavy (non-hydrogen) atoms. The van der Waals surface area contributed by atoms with E-state index in [1.54, 1.807) is 0 Å². The topological polar surface area (TPSA) is 127 Å². The summed E-state index contributed by atoms with van der Waals surface area (Å²) in [5.74, 6) is -0.483. The number of carboxylic acid groups (broad SMARTS) is 1. The van der Waals surface area contributed by atoms with Gasteiger partial charge in [-0.05, 0) is 22.9 Å². The molecule has 2 N–H and O–H groups in total. The molecular formula is C9H10N6O3. The first kappa shape index (κ1) is 11.9. The van der Waals surface area contributed by atoms with Crippen molar-refractivity contribution in [3.63, 3.8) is 0 Å². The van der Waals surface area contributed by atoms with Crippen LogP contribution in [0, 0.1) is 0 Å². The lowest BCUT2D eigenvalue weighted by molar-refractivity contribution is -0.137. The van der Waals surface area contributed by atoms with Crippen LogP contribution in [-0.4, -0.2) is 41.5 Å². The molecule has 0 aliphatic rings. The number of aliphatic carboxylic acids is 1. The van der Waals surface area contributed by atoms with Crippen molar-refractivity contribution >= 4 is 5.97 Å². The molecule has 0 spiro atoms. The summed E-state index contributed by atoms with van der Waals surface area (Å²) in [5, 5.41) is 25.7. The molecule has 2 aromatic rings. The van der Waals surface area contributed by atoms with Gasteiger partial charge in [-0.15, -0.1) is 5.10 Å². The first-order valence-electron chi connectivity index (χ1n) is 5.21. The van der Waals surface area contributed by atoms with E-state index in [1.807, 2.05) is 0 Å². The van der Waals surface area contributed by atoms with Crippen LogP contribution >= 0.6 is 0 Å². The maximum Gasteiger partial charge on any atom is 0.303 e. The van der Waals surface area contributed by atoms with E-state index in [4.69, 9.17) is 5.11 Å². The number of aromatic amines is 1. The predicted octanol–water partition coefficient (Wildman–Crippen LogP) is -0.712. The van der Waals surface area contributed by atoms with E-state index in [1.165, 1.54) is 16.8 Å². The Labute approximate surface area is 100 Å². The third-order valence-electron chi connectivity index (χ3n) is 2.20. The zero-order valence-electron chi connectivity index (χ0n) is 9.28. The molecule has 0 saturated heterocycles. The fourth-order valence-corrected chi connectivity index (χ4v) is 1.39. The normalized spacial score (nSPS) is 10.4. The van der Waals surface area contributed by atoms with Crippen LogP contribution in [0.1, 0.15) is 12.8 Å². The van der Waals surface area contributed by atoms with Crippen molar-refractivity contribution in [1.29, 1.82) is 0 Å². The van der Waals surface area contributed by atoms with Crippen molar-refractivity contribution in [2.24, 2.45) is 0 Å². The highest BCUT2D eigenvalue weighted by molar-refractivity contribution is 5.66. The molecule has 0 saturated carbocycles. The number of tetrazole rings is 1. The Morgan fingerprint density at radius 3 is 2.94 bits per heavy atom. The average Bonchev–Trinajstić information content (AvgIpc) is 2.78. The number of hydrogen-bond donors (Lipinski definition) is 2. The summed E-state index contributed by atoms with van der Waals surface area (Å²) in [6.45, 7) is 0.370. The third-order valence-corrected chi connectivity index (χ3v) is 2.20. The molecule has 0 amide bonds. The van der Waals surface area contributed by atoms with Crippen molar-refractivity contribution in [1.82, 2.24) is 30.4 Å². The van der Waals surface area contributed by atoms with Gasteiger partial charge in [0.2, 0.25) is 5.82 Å². The van der Waals surface area contributed by atoms with E-state index in [9.17, 15) is 9.59 Å².